The second kappa shape index (κ2) is 2.60. The maximum Gasteiger partial charge on any atom is 0.0577 e. The van der Waals surface area contributed by atoms with Crippen LogP contribution in [0.5, 0.6) is 0 Å². The van der Waals surface area contributed by atoms with Gasteiger partial charge in [-0.1, -0.05) is 25.5 Å². The molecule has 74 valence electrons. The summed E-state index contributed by atoms with van der Waals surface area (Å²) in [4.78, 5) is 0. The van der Waals surface area contributed by atoms with Gasteiger partial charge >= 0.3 is 0 Å². The number of aliphatic hydroxyl groups is 1. The van der Waals surface area contributed by atoms with E-state index >= 15 is 0 Å². The fourth-order valence-corrected chi connectivity index (χ4v) is 3.01. The lowest BCUT2D eigenvalue weighted by molar-refractivity contribution is 0.130. The molecule has 0 aliphatic heterocycles. The Bertz CT molecular complexity index is 250. The number of allylic oxidation sites excluding steroid dienone is 1. The minimum absolute atomic E-state index is 0.173. The van der Waals surface area contributed by atoms with Crippen LogP contribution < -0.4 is 0 Å². The number of aliphatic hydroxyl groups excluding tert-OH is 1. The summed E-state index contributed by atoms with van der Waals surface area (Å²) >= 11 is 0. The summed E-state index contributed by atoms with van der Waals surface area (Å²) in [6, 6.07) is 0. The summed E-state index contributed by atoms with van der Waals surface area (Å²) in [5.41, 5.74) is 1.91. The Morgan fingerprint density at radius 1 is 1.54 bits per heavy atom. The second-order valence-corrected chi connectivity index (χ2v) is 5.45. The smallest absolute Gasteiger partial charge is 0.0577 e. The van der Waals surface area contributed by atoms with Crippen molar-refractivity contribution in [2.75, 3.05) is 0 Å². The van der Waals surface area contributed by atoms with Gasteiger partial charge in [-0.25, -0.2) is 0 Å². The van der Waals surface area contributed by atoms with Crippen molar-refractivity contribution in [3.63, 3.8) is 0 Å². The quantitative estimate of drug-likeness (QED) is 0.615. The fraction of sp³-hybridized carbons (Fsp3) is 0.833. The van der Waals surface area contributed by atoms with Crippen molar-refractivity contribution in [1.29, 1.82) is 0 Å². The number of fused-ring (bicyclic) bond motifs is 1. The highest BCUT2D eigenvalue weighted by Gasteiger charge is 2.58. The molecule has 1 saturated carbocycles. The third-order valence-electron chi connectivity index (χ3n) is 4.26. The molecular weight excluding hydrogens is 160 g/mol. The van der Waals surface area contributed by atoms with Gasteiger partial charge in [-0.15, -0.1) is 0 Å². The van der Waals surface area contributed by atoms with Crippen molar-refractivity contribution in [2.45, 2.75) is 40.2 Å². The summed E-state index contributed by atoms with van der Waals surface area (Å²) in [6.07, 6.45) is 3.41. The van der Waals surface area contributed by atoms with Crippen LogP contribution in [0.2, 0.25) is 0 Å². The van der Waals surface area contributed by atoms with Crippen LogP contribution in [0.15, 0.2) is 11.6 Å². The van der Waals surface area contributed by atoms with Gasteiger partial charge in [0.2, 0.25) is 0 Å². The van der Waals surface area contributed by atoms with Crippen molar-refractivity contribution in [3.8, 4) is 0 Å². The molecule has 2 aliphatic rings. The first-order chi connectivity index (χ1) is 5.94. The topological polar surface area (TPSA) is 20.2 Å². The van der Waals surface area contributed by atoms with E-state index in [1.807, 2.05) is 6.92 Å². The number of hydrogen-bond acceptors (Lipinski definition) is 1. The lowest BCUT2D eigenvalue weighted by Gasteiger charge is -2.23. The van der Waals surface area contributed by atoms with E-state index in [9.17, 15) is 5.11 Å². The van der Waals surface area contributed by atoms with Crippen LogP contribution in [0, 0.1) is 23.2 Å². The zero-order chi connectivity index (χ0) is 9.80. The average molecular weight is 180 g/mol. The van der Waals surface area contributed by atoms with Crippen LogP contribution >= 0.6 is 0 Å². The molecule has 0 aromatic carbocycles. The Morgan fingerprint density at radius 2 is 2.15 bits per heavy atom. The Morgan fingerprint density at radius 3 is 2.69 bits per heavy atom. The summed E-state index contributed by atoms with van der Waals surface area (Å²) in [5, 5.41) is 9.61. The maximum absolute atomic E-state index is 9.61. The minimum atomic E-state index is -0.173. The summed E-state index contributed by atoms with van der Waals surface area (Å²) in [7, 11) is 0. The molecule has 1 unspecified atom stereocenters. The molecule has 0 spiro atoms. The molecular formula is C12H20O. The molecule has 0 bridgehead atoms. The predicted octanol–water partition coefficient (Wildman–Crippen LogP) is 2.61. The van der Waals surface area contributed by atoms with E-state index in [1.54, 1.807) is 0 Å². The van der Waals surface area contributed by atoms with Crippen molar-refractivity contribution in [3.05, 3.63) is 11.6 Å². The van der Waals surface area contributed by atoms with Gasteiger partial charge in [0, 0.05) is 5.92 Å². The molecule has 0 radical (unpaired) electrons. The van der Waals surface area contributed by atoms with Crippen LogP contribution in [0.25, 0.3) is 0 Å². The zero-order valence-corrected chi connectivity index (χ0v) is 9.04. The van der Waals surface area contributed by atoms with Gasteiger partial charge in [0.05, 0.1) is 6.10 Å². The van der Waals surface area contributed by atoms with Gasteiger partial charge in [0.25, 0.3) is 0 Å². The molecule has 13 heavy (non-hydrogen) atoms. The lowest BCUT2D eigenvalue weighted by Crippen LogP contribution is -2.21. The van der Waals surface area contributed by atoms with Gasteiger partial charge in [0.1, 0.15) is 0 Å². The first-order valence-corrected chi connectivity index (χ1v) is 5.31. The molecule has 0 aromatic heterocycles. The summed E-state index contributed by atoms with van der Waals surface area (Å²) in [5.74, 6) is 2.04. The molecule has 0 heterocycles. The highest BCUT2D eigenvalue weighted by molar-refractivity contribution is 5.25. The Hall–Kier alpha value is -0.300. The lowest BCUT2D eigenvalue weighted by atomic mass is 9.85. The van der Waals surface area contributed by atoms with E-state index in [-0.39, 0.29) is 6.10 Å². The van der Waals surface area contributed by atoms with Crippen molar-refractivity contribution in [2.24, 2.45) is 23.2 Å². The van der Waals surface area contributed by atoms with Crippen LogP contribution in [-0.4, -0.2) is 11.2 Å². The standard InChI is InChI=1S/C12H20O/c1-7-5-10-11(12(10,3)4)6-9(7)8(2)13/h5,8-11,13H,6H2,1-4H3/t8?,9-,10-,11-/m1/s1. The Balaban J connectivity index is 2.17. The highest BCUT2D eigenvalue weighted by atomic mass is 16.3. The number of hydrogen-bond donors (Lipinski definition) is 1. The van der Waals surface area contributed by atoms with Crippen LogP contribution in [0.3, 0.4) is 0 Å². The summed E-state index contributed by atoms with van der Waals surface area (Å²) < 4.78 is 0. The molecule has 1 fully saturated rings. The maximum atomic E-state index is 9.61. The molecule has 4 atom stereocenters. The highest BCUT2D eigenvalue weighted by Crippen LogP contribution is 2.64. The van der Waals surface area contributed by atoms with Crippen LogP contribution in [0.4, 0.5) is 0 Å². The molecule has 0 aromatic rings. The van der Waals surface area contributed by atoms with Crippen LogP contribution in [-0.2, 0) is 0 Å². The molecule has 1 N–H and O–H groups in total. The largest absolute Gasteiger partial charge is 0.393 e. The van der Waals surface area contributed by atoms with E-state index in [0.29, 0.717) is 11.3 Å². The number of rotatable bonds is 1. The van der Waals surface area contributed by atoms with E-state index in [0.717, 1.165) is 11.8 Å². The van der Waals surface area contributed by atoms with Gasteiger partial charge in [-0.2, -0.15) is 0 Å². The molecule has 0 amide bonds. The first-order valence-electron chi connectivity index (χ1n) is 5.31. The predicted molar refractivity (Wildman–Crippen MR) is 54.3 cm³/mol. The average Bonchev–Trinajstić information content (AvgIpc) is 2.52. The van der Waals surface area contributed by atoms with Gasteiger partial charge in [-0.3, -0.25) is 0 Å². The third kappa shape index (κ3) is 1.25. The third-order valence-corrected chi connectivity index (χ3v) is 4.26. The van der Waals surface area contributed by atoms with Gasteiger partial charge in [0.15, 0.2) is 0 Å². The fourth-order valence-electron chi connectivity index (χ4n) is 3.01. The summed E-state index contributed by atoms with van der Waals surface area (Å²) in [6.45, 7) is 8.77. The molecule has 1 heteroatoms. The van der Waals surface area contributed by atoms with Gasteiger partial charge in [-0.05, 0) is 37.5 Å². The van der Waals surface area contributed by atoms with Crippen LogP contribution in [0.1, 0.15) is 34.1 Å². The second-order valence-electron chi connectivity index (χ2n) is 5.45. The van der Waals surface area contributed by atoms with E-state index in [4.69, 9.17) is 0 Å². The molecule has 1 nitrogen and oxygen atoms in total. The minimum Gasteiger partial charge on any atom is -0.393 e. The van der Waals surface area contributed by atoms with Crippen molar-refractivity contribution in [1.82, 2.24) is 0 Å². The van der Waals surface area contributed by atoms with Crippen molar-refractivity contribution < 1.29 is 5.11 Å². The van der Waals surface area contributed by atoms with Crippen molar-refractivity contribution >= 4 is 0 Å². The zero-order valence-electron chi connectivity index (χ0n) is 9.04. The van der Waals surface area contributed by atoms with E-state index in [1.165, 1.54) is 12.0 Å². The monoisotopic (exact) mass is 180 g/mol. The SMILES string of the molecule is CC1=C[C@@H]2[C@@H](C[C@H]1C(C)O)C2(C)C. The van der Waals surface area contributed by atoms with Gasteiger partial charge < -0.3 is 5.11 Å². The molecule has 2 aliphatic carbocycles. The Labute approximate surface area is 80.8 Å². The molecule has 0 saturated heterocycles. The Kier molecular flexibility index (Phi) is 1.85. The van der Waals surface area contributed by atoms with E-state index < -0.39 is 0 Å². The van der Waals surface area contributed by atoms with E-state index in [2.05, 4.69) is 26.8 Å². The normalized spacial score (nSPS) is 43.5. The molecule has 2 rings (SSSR count). The first kappa shape index (κ1) is 9.26.